The van der Waals surface area contributed by atoms with Crippen LogP contribution in [-0.2, 0) is 6.42 Å². The predicted octanol–water partition coefficient (Wildman–Crippen LogP) is 1.38. The largest absolute Gasteiger partial charge is 0.340 e. The predicted molar refractivity (Wildman–Crippen MR) is 70.5 cm³/mol. The van der Waals surface area contributed by atoms with Gasteiger partial charge in [-0.2, -0.15) is 4.98 Å². The van der Waals surface area contributed by atoms with E-state index in [2.05, 4.69) is 34.2 Å². The Kier molecular flexibility index (Phi) is 4.35. The molecule has 0 spiro atoms. The number of aryl methyl sites for hydroxylation is 1. The van der Waals surface area contributed by atoms with Crippen LogP contribution in [0.1, 0.15) is 38.4 Å². The van der Waals surface area contributed by atoms with Crippen molar-refractivity contribution >= 4 is 0 Å². The Morgan fingerprint density at radius 3 is 3.00 bits per heavy atom. The quantitative estimate of drug-likeness (QED) is 0.877. The van der Waals surface area contributed by atoms with Crippen LogP contribution in [0.4, 0.5) is 0 Å². The molecule has 102 valence electrons. The molecular weight excluding hydrogens is 228 g/mol. The van der Waals surface area contributed by atoms with Gasteiger partial charge in [0.25, 0.3) is 0 Å². The summed E-state index contributed by atoms with van der Waals surface area (Å²) in [7, 11) is 0. The van der Waals surface area contributed by atoms with E-state index in [0.29, 0.717) is 5.89 Å². The fraction of sp³-hybridized carbons (Fsp3) is 0.846. The molecule has 2 rings (SSSR count). The Labute approximate surface area is 109 Å². The highest BCUT2D eigenvalue weighted by atomic mass is 16.5. The van der Waals surface area contributed by atoms with Crippen LogP contribution in [0.3, 0.4) is 0 Å². The zero-order valence-corrected chi connectivity index (χ0v) is 11.7. The van der Waals surface area contributed by atoms with Crippen LogP contribution >= 0.6 is 0 Å². The minimum Gasteiger partial charge on any atom is -0.340 e. The van der Waals surface area contributed by atoms with Crippen LogP contribution in [0.5, 0.6) is 0 Å². The van der Waals surface area contributed by atoms with E-state index in [9.17, 15) is 0 Å². The molecule has 0 aromatic carbocycles. The molecule has 1 saturated heterocycles. The van der Waals surface area contributed by atoms with Gasteiger partial charge in [-0.1, -0.05) is 12.1 Å². The second-order valence-corrected chi connectivity index (χ2v) is 5.45. The molecule has 0 saturated carbocycles. The molecule has 1 aliphatic rings. The van der Waals surface area contributed by atoms with Crippen molar-refractivity contribution in [1.82, 2.24) is 20.4 Å². The van der Waals surface area contributed by atoms with Crippen LogP contribution in [0.15, 0.2) is 4.52 Å². The zero-order valence-electron chi connectivity index (χ0n) is 11.7. The molecule has 0 radical (unpaired) electrons. The highest BCUT2D eigenvalue weighted by Crippen LogP contribution is 2.15. The van der Waals surface area contributed by atoms with E-state index in [-0.39, 0.29) is 5.54 Å². The monoisotopic (exact) mass is 252 g/mol. The van der Waals surface area contributed by atoms with Crippen molar-refractivity contribution in [3.63, 3.8) is 0 Å². The lowest BCUT2D eigenvalue weighted by atomic mass is 9.98. The van der Waals surface area contributed by atoms with Crippen molar-refractivity contribution in [3.8, 4) is 0 Å². The second-order valence-electron chi connectivity index (χ2n) is 5.45. The van der Waals surface area contributed by atoms with Crippen molar-refractivity contribution in [1.29, 1.82) is 0 Å². The first-order valence-electron chi connectivity index (χ1n) is 6.88. The Hall–Kier alpha value is -0.940. The number of aromatic nitrogens is 2. The number of hydrogen-bond donors (Lipinski definition) is 1. The average molecular weight is 252 g/mol. The van der Waals surface area contributed by atoms with Gasteiger partial charge in [-0.05, 0) is 32.9 Å². The molecule has 0 aliphatic carbocycles. The highest BCUT2D eigenvalue weighted by Gasteiger charge is 2.26. The minimum absolute atomic E-state index is 0.240. The Morgan fingerprint density at radius 2 is 2.33 bits per heavy atom. The first-order chi connectivity index (χ1) is 8.61. The molecule has 18 heavy (non-hydrogen) atoms. The summed E-state index contributed by atoms with van der Waals surface area (Å²) in [4.78, 5) is 6.76. The van der Waals surface area contributed by atoms with Crippen molar-refractivity contribution < 1.29 is 4.52 Å². The maximum atomic E-state index is 5.00. The highest BCUT2D eigenvalue weighted by molar-refractivity contribution is 4.90. The standard InChI is InChI=1S/C13H24N4O/c1-4-13(3)10-17(8-5-7-14-13)9-6-12-15-11(2)18-16-12/h14H,4-10H2,1-3H3. The van der Waals surface area contributed by atoms with E-state index in [1.54, 1.807) is 0 Å². The topological polar surface area (TPSA) is 54.2 Å². The van der Waals surface area contributed by atoms with Gasteiger partial charge in [-0.25, -0.2) is 0 Å². The number of hydrogen-bond acceptors (Lipinski definition) is 5. The number of nitrogens with zero attached hydrogens (tertiary/aromatic N) is 3. The van der Waals surface area contributed by atoms with Crippen LogP contribution < -0.4 is 5.32 Å². The lowest BCUT2D eigenvalue weighted by Crippen LogP contribution is -2.48. The van der Waals surface area contributed by atoms with Crippen molar-refractivity contribution in [2.75, 3.05) is 26.2 Å². The van der Waals surface area contributed by atoms with Crippen molar-refractivity contribution in [2.24, 2.45) is 0 Å². The van der Waals surface area contributed by atoms with E-state index in [0.717, 1.165) is 44.8 Å². The third kappa shape index (κ3) is 3.53. The maximum absolute atomic E-state index is 5.00. The fourth-order valence-corrected chi connectivity index (χ4v) is 2.45. The van der Waals surface area contributed by atoms with Crippen LogP contribution in [0.25, 0.3) is 0 Å². The summed E-state index contributed by atoms with van der Waals surface area (Å²) in [6.07, 6.45) is 3.24. The normalized spacial score (nSPS) is 26.2. The van der Waals surface area contributed by atoms with Gasteiger partial charge >= 0.3 is 0 Å². The number of nitrogens with one attached hydrogen (secondary N) is 1. The van der Waals surface area contributed by atoms with E-state index >= 15 is 0 Å². The summed E-state index contributed by atoms with van der Waals surface area (Å²) >= 11 is 0. The fourth-order valence-electron chi connectivity index (χ4n) is 2.45. The zero-order chi connectivity index (χ0) is 13.0. The summed E-state index contributed by atoms with van der Waals surface area (Å²) in [5.41, 5.74) is 0.240. The van der Waals surface area contributed by atoms with Gasteiger partial charge in [-0.3, -0.25) is 0 Å². The summed E-state index contributed by atoms with van der Waals surface area (Å²) < 4.78 is 5.00. The van der Waals surface area contributed by atoms with Gasteiger partial charge in [-0.15, -0.1) is 0 Å². The number of rotatable bonds is 4. The SMILES string of the molecule is CCC1(C)CN(CCc2noc(C)n2)CCCN1. The van der Waals surface area contributed by atoms with Gasteiger partial charge < -0.3 is 14.7 Å². The molecule has 5 heteroatoms. The van der Waals surface area contributed by atoms with Crippen molar-refractivity contribution in [2.45, 2.75) is 45.6 Å². The molecule has 1 aromatic rings. The van der Waals surface area contributed by atoms with Gasteiger partial charge in [0.05, 0.1) is 0 Å². The van der Waals surface area contributed by atoms with Crippen LogP contribution in [0.2, 0.25) is 0 Å². The van der Waals surface area contributed by atoms with Crippen LogP contribution in [0, 0.1) is 6.92 Å². The third-order valence-corrected chi connectivity index (χ3v) is 3.78. The van der Waals surface area contributed by atoms with E-state index in [1.165, 1.54) is 6.42 Å². The molecule has 5 nitrogen and oxygen atoms in total. The maximum Gasteiger partial charge on any atom is 0.223 e. The van der Waals surface area contributed by atoms with Gasteiger partial charge in [0.1, 0.15) is 0 Å². The average Bonchev–Trinajstić information content (AvgIpc) is 2.67. The lowest BCUT2D eigenvalue weighted by molar-refractivity contribution is 0.215. The van der Waals surface area contributed by atoms with Gasteiger partial charge in [0, 0.05) is 32.0 Å². The minimum atomic E-state index is 0.240. The molecule has 1 fully saturated rings. The summed E-state index contributed by atoms with van der Waals surface area (Å²) in [5, 5.41) is 7.60. The molecule has 0 bridgehead atoms. The molecule has 1 N–H and O–H groups in total. The second kappa shape index (κ2) is 5.80. The first kappa shape index (κ1) is 13.5. The van der Waals surface area contributed by atoms with E-state index < -0.39 is 0 Å². The summed E-state index contributed by atoms with van der Waals surface area (Å²) in [5.74, 6) is 1.48. The van der Waals surface area contributed by atoms with Gasteiger partial charge in [0.2, 0.25) is 5.89 Å². The smallest absolute Gasteiger partial charge is 0.223 e. The summed E-state index contributed by atoms with van der Waals surface area (Å²) in [6, 6.07) is 0. The Morgan fingerprint density at radius 1 is 1.50 bits per heavy atom. The Balaban J connectivity index is 1.87. The molecule has 1 unspecified atom stereocenters. The Bertz CT molecular complexity index is 379. The van der Waals surface area contributed by atoms with Gasteiger partial charge in [0.15, 0.2) is 5.82 Å². The third-order valence-electron chi connectivity index (χ3n) is 3.78. The molecule has 1 atom stereocenters. The molecular formula is C13H24N4O. The van der Waals surface area contributed by atoms with E-state index in [4.69, 9.17) is 4.52 Å². The molecule has 2 heterocycles. The molecule has 1 aromatic heterocycles. The van der Waals surface area contributed by atoms with E-state index in [1.807, 2.05) is 6.92 Å². The molecule has 0 amide bonds. The lowest BCUT2D eigenvalue weighted by Gasteiger charge is -2.32. The summed E-state index contributed by atoms with van der Waals surface area (Å²) in [6.45, 7) is 10.8. The van der Waals surface area contributed by atoms with Crippen LogP contribution in [-0.4, -0.2) is 46.8 Å². The van der Waals surface area contributed by atoms with Crippen molar-refractivity contribution in [3.05, 3.63) is 11.7 Å². The first-order valence-corrected chi connectivity index (χ1v) is 6.88. The molecule has 1 aliphatic heterocycles.